The van der Waals surface area contributed by atoms with Gasteiger partial charge in [-0.2, -0.15) is 0 Å². The third-order valence-electron chi connectivity index (χ3n) is 4.32. The lowest BCUT2D eigenvalue weighted by Crippen LogP contribution is -2.44. The molecule has 22 heavy (non-hydrogen) atoms. The van der Waals surface area contributed by atoms with E-state index in [0.29, 0.717) is 24.0 Å². The van der Waals surface area contributed by atoms with Crippen LogP contribution in [0.4, 0.5) is 0 Å². The number of H-pyrrole nitrogens is 1. The average molecular weight is 304 g/mol. The van der Waals surface area contributed by atoms with Crippen LogP contribution in [0.3, 0.4) is 0 Å². The van der Waals surface area contributed by atoms with E-state index in [1.807, 2.05) is 0 Å². The summed E-state index contributed by atoms with van der Waals surface area (Å²) in [6.45, 7) is 0.206. The van der Waals surface area contributed by atoms with Gasteiger partial charge in [0, 0.05) is 19.7 Å². The van der Waals surface area contributed by atoms with E-state index in [0.717, 1.165) is 19.3 Å². The molecule has 0 bridgehead atoms. The van der Waals surface area contributed by atoms with E-state index in [1.165, 1.54) is 6.07 Å². The fraction of sp³-hybridized carbons (Fsp3) is 0.533. The number of imidazole rings is 1. The van der Waals surface area contributed by atoms with Crippen LogP contribution in [-0.4, -0.2) is 37.7 Å². The number of aromatic nitrogens is 3. The van der Waals surface area contributed by atoms with Crippen LogP contribution in [0.25, 0.3) is 11.2 Å². The minimum absolute atomic E-state index is 0.206. The topological polar surface area (TPSA) is 100 Å². The highest BCUT2D eigenvalue weighted by molar-refractivity contribution is 6.04. The van der Waals surface area contributed by atoms with Crippen molar-refractivity contribution in [2.24, 2.45) is 7.05 Å². The van der Waals surface area contributed by atoms with Crippen LogP contribution in [0.5, 0.6) is 0 Å². The molecule has 0 aromatic carbocycles. The summed E-state index contributed by atoms with van der Waals surface area (Å²) in [4.78, 5) is 30.7. The molecule has 0 saturated heterocycles. The Labute approximate surface area is 127 Å². The largest absolute Gasteiger partial charge is 0.388 e. The van der Waals surface area contributed by atoms with Gasteiger partial charge in [-0.05, 0) is 12.8 Å². The lowest BCUT2D eigenvalue weighted by Gasteiger charge is -2.32. The maximum absolute atomic E-state index is 12.4. The summed E-state index contributed by atoms with van der Waals surface area (Å²) in [6.07, 6.45) is 6.02. The molecule has 0 aliphatic heterocycles. The molecule has 0 atom stereocenters. The normalized spacial score (nSPS) is 17.5. The number of hydrogen-bond acceptors (Lipinski definition) is 4. The number of amides is 1. The maximum Gasteiger partial charge on any atom is 0.253 e. The highest BCUT2D eigenvalue weighted by Gasteiger charge is 2.30. The third kappa shape index (κ3) is 2.76. The first-order chi connectivity index (χ1) is 10.5. The number of nitrogens with one attached hydrogen (secondary N) is 2. The van der Waals surface area contributed by atoms with Gasteiger partial charge in [0.2, 0.25) is 5.56 Å². The summed E-state index contributed by atoms with van der Waals surface area (Å²) in [6, 6.07) is 1.27. The molecule has 2 heterocycles. The van der Waals surface area contributed by atoms with Gasteiger partial charge in [-0.25, -0.2) is 4.98 Å². The quantitative estimate of drug-likeness (QED) is 0.776. The van der Waals surface area contributed by atoms with E-state index in [-0.39, 0.29) is 23.6 Å². The van der Waals surface area contributed by atoms with Crippen LogP contribution < -0.4 is 10.9 Å². The molecular formula is C15H20N4O3. The molecule has 0 radical (unpaired) electrons. The van der Waals surface area contributed by atoms with Gasteiger partial charge >= 0.3 is 0 Å². The van der Waals surface area contributed by atoms with Gasteiger partial charge in [-0.15, -0.1) is 0 Å². The number of fused-ring (bicyclic) bond motifs is 1. The van der Waals surface area contributed by atoms with E-state index in [4.69, 9.17) is 0 Å². The first kappa shape index (κ1) is 14.8. The van der Waals surface area contributed by atoms with Crippen molar-refractivity contribution in [2.45, 2.75) is 37.7 Å². The van der Waals surface area contributed by atoms with Gasteiger partial charge in [-0.3, -0.25) is 9.59 Å². The Kier molecular flexibility index (Phi) is 3.74. The minimum atomic E-state index is -0.833. The van der Waals surface area contributed by atoms with Crippen LogP contribution in [0.2, 0.25) is 0 Å². The molecule has 2 aromatic rings. The first-order valence-corrected chi connectivity index (χ1v) is 7.53. The summed E-state index contributed by atoms with van der Waals surface area (Å²) in [5, 5.41) is 13.2. The van der Waals surface area contributed by atoms with E-state index >= 15 is 0 Å². The molecule has 1 fully saturated rings. The van der Waals surface area contributed by atoms with E-state index in [2.05, 4.69) is 15.3 Å². The third-order valence-corrected chi connectivity index (χ3v) is 4.32. The van der Waals surface area contributed by atoms with Crippen LogP contribution in [-0.2, 0) is 7.05 Å². The molecule has 1 aliphatic rings. The molecule has 7 nitrogen and oxygen atoms in total. The number of carbonyl (C=O) groups is 1. The zero-order valence-electron chi connectivity index (χ0n) is 12.6. The number of pyridine rings is 1. The van der Waals surface area contributed by atoms with Gasteiger partial charge in [0.1, 0.15) is 0 Å². The molecule has 1 aliphatic carbocycles. The van der Waals surface area contributed by atoms with Crippen molar-refractivity contribution in [3.05, 3.63) is 28.3 Å². The summed E-state index contributed by atoms with van der Waals surface area (Å²) < 4.78 is 1.69. The fourth-order valence-electron chi connectivity index (χ4n) is 3.09. The predicted molar refractivity (Wildman–Crippen MR) is 81.7 cm³/mol. The molecule has 3 N–H and O–H groups in total. The fourth-order valence-corrected chi connectivity index (χ4v) is 3.09. The zero-order valence-corrected chi connectivity index (χ0v) is 12.6. The Hall–Kier alpha value is -2.15. The molecule has 3 rings (SSSR count). The van der Waals surface area contributed by atoms with Gasteiger partial charge in [0.15, 0.2) is 5.65 Å². The summed E-state index contributed by atoms with van der Waals surface area (Å²) in [5.41, 5.74) is 0.0379. The van der Waals surface area contributed by atoms with Crippen LogP contribution in [0.15, 0.2) is 17.2 Å². The van der Waals surface area contributed by atoms with Gasteiger partial charge in [0.25, 0.3) is 5.91 Å². The Morgan fingerprint density at radius 3 is 2.91 bits per heavy atom. The van der Waals surface area contributed by atoms with Crippen LogP contribution in [0, 0.1) is 0 Å². The SMILES string of the molecule is Cn1cnc2[nH]c(=O)cc(C(=O)NCC3(O)CCCCC3)c21. The van der Waals surface area contributed by atoms with Crippen molar-refractivity contribution in [1.29, 1.82) is 0 Å². The standard InChI is InChI=1S/C15H20N4O3/c1-19-9-17-13-12(19)10(7-11(20)18-13)14(21)16-8-15(22)5-3-2-4-6-15/h7,9,22H,2-6,8H2,1H3,(H,16,21)(H,18,20). The summed E-state index contributed by atoms with van der Waals surface area (Å²) in [5.74, 6) is -0.362. The Bertz CT molecular complexity index is 756. The monoisotopic (exact) mass is 304 g/mol. The predicted octanol–water partition coefficient (Wildman–Crippen LogP) is 0.687. The van der Waals surface area contributed by atoms with Crippen molar-refractivity contribution >= 4 is 17.1 Å². The molecule has 0 spiro atoms. The lowest BCUT2D eigenvalue weighted by atomic mass is 9.85. The Balaban J connectivity index is 1.83. The van der Waals surface area contributed by atoms with Crippen molar-refractivity contribution in [2.75, 3.05) is 6.54 Å². The second-order valence-corrected chi connectivity index (χ2v) is 6.07. The summed E-state index contributed by atoms with van der Waals surface area (Å²) >= 11 is 0. The van der Waals surface area contributed by atoms with E-state index in [9.17, 15) is 14.7 Å². The van der Waals surface area contributed by atoms with Crippen LogP contribution >= 0.6 is 0 Å². The lowest BCUT2D eigenvalue weighted by molar-refractivity contribution is 0.00527. The number of aliphatic hydroxyl groups is 1. The van der Waals surface area contributed by atoms with Gasteiger partial charge < -0.3 is 20.0 Å². The van der Waals surface area contributed by atoms with E-state index in [1.54, 1.807) is 17.9 Å². The molecule has 7 heteroatoms. The number of aryl methyl sites for hydroxylation is 1. The first-order valence-electron chi connectivity index (χ1n) is 7.53. The Morgan fingerprint density at radius 2 is 2.18 bits per heavy atom. The molecule has 118 valence electrons. The molecule has 0 unspecified atom stereocenters. The van der Waals surface area contributed by atoms with E-state index < -0.39 is 5.60 Å². The van der Waals surface area contributed by atoms with Crippen molar-refractivity contribution < 1.29 is 9.90 Å². The number of carbonyl (C=O) groups excluding carboxylic acids is 1. The number of aromatic amines is 1. The molecule has 1 amide bonds. The van der Waals surface area contributed by atoms with Crippen molar-refractivity contribution in [3.63, 3.8) is 0 Å². The Morgan fingerprint density at radius 1 is 1.45 bits per heavy atom. The smallest absolute Gasteiger partial charge is 0.253 e. The van der Waals surface area contributed by atoms with Crippen LogP contribution in [0.1, 0.15) is 42.5 Å². The van der Waals surface area contributed by atoms with Gasteiger partial charge in [0.05, 0.1) is 23.0 Å². The summed E-state index contributed by atoms with van der Waals surface area (Å²) in [7, 11) is 1.76. The minimum Gasteiger partial charge on any atom is -0.388 e. The zero-order chi connectivity index (χ0) is 15.7. The van der Waals surface area contributed by atoms with Crippen molar-refractivity contribution in [1.82, 2.24) is 19.9 Å². The molecule has 2 aromatic heterocycles. The second-order valence-electron chi connectivity index (χ2n) is 6.07. The van der Waals surface area contributed by atoms with Gasteiger partial charge in [-0.1, -0.05) is 19.3 Å². The average Bonchev–Trinajstić information content (AvgIpc) is 2.86. The molecular weight excluding hydrogens is 284 g/mol. The highest BCUT2D eigenvalue weighted by Crippen LogP contribution is 2.27. The maximum atomic E-state index is 12.4. The molecule has 1 saturated carbocycles. The van der Waals surface area contributed by atoms with Crippen molar-refractivity contribution in [3.8, 4) is 0 Å². The number of rotatable bonds is 3. The second kappa shape index (κ2) is 5.57. The highest BCUT2D eigenvalue weighted by atomic mass is 16.3. The number of nitrogens with zero attached hydrogens (tertiary/aromatic N) is 2. The number of hydrogen-bond donors (Lipinski definition) is 3.